The zero-order valence-corrected chi connectivity index (χ0v) is 7.30. The van der Waals surface area contributed by atoms with Crippen molar-refractivity contribution in [3.05, 3.63) is 24.3 Å². The summed E-state index contributed by atoms with van der Waals surface area (Å²) in [7, 11) is 1.91. The molecule has 0 radical (unpaired) electrons. The Hall–Kier alpha value is -1.22. The summed E-state index contributed by atoms with van der Waals surface area (Å²) < 4.78 is 0. The van der Waals surface area contributed by atoms with Crippen molar-refractivity contribution >= 4 is 11.4 Å². The first-order valence-corrected chi connectivity index (χ1v) is 4.09. The van der Waals surface area contributed by atoms with E-state index in [0.29, 0.717) is 6.54 Å². The average molecular weight is 165 g/mol. The molecule has 0 saturated heterocycles. The molecule has 0 aromatic heterocycles. The highest BCUT2D eigenvalue weighted by atomic mass is 14.9. The molecule has 0 spiro atoms. The molecule has 0 unspecified atom stereocenters. The van der Waals surface area contributed by atoms with Gasteiger partial charge in [-0.3, -0.25) is 0 Å². The quantitative estimate of drug-likeness (QED) is 0.626. The van der Waals surface area contributed by atoms with E-state index in [1.807, 2.05) is 31.3 Å². The smallest absolute Gasteiger partial charge is 0.0576 e. The molecular formula is C9H15N3. The van der Waals surface area contributed by atoms with Gasteiger partial charge in [0.15, 0.2) is 0 Å². The van der Waals surface area contributed by atoms with Crippen molar-refractivity contribution in [1.29, 1.82) is 0 Å². The topological polar surface area (TPSA) is 50.1 Å². The van der Waals surface area contributed by atoms with E-state index in [9.17, 15) is 0 Å². The van der Waals surface area contributed by atoms with Gasteiger partial charge in [-0.1, -0.05) is 12.1 Å². The molecule has 1 aromatic rings. The molecule has 0 atom stereocenters. The third kappa shape index (κ3) is 2.13. The third-order valence-electron chi connectivity index (χ3n) is 1.66. The minimum Gasteiger partial charge on any atom is -0.386 e. The molecule has 0 heterocycles. The Bertz CT molecular complexity index is 235. The molecule has 0 aliphatic heterocycles. The normalized spacial score (nSPS) is 9.50. The van der Waals surface area contributed by atoms with Crippen LogP contribution >= 0.6 is 0 Å². The summed E-state index contributed by atoms with van der Waals surface area (Å²) in [6.07, 6.45) is 0. The number of hydrogen-bond donors (Lipinski definition) is 3. The van der Waals surface area contributed by atoms with Crippen LogP contribution in [0.25, 0.3) is 0 Å². The van der Waals surface area contributed by atoms with E-state index in [0.717, 1.165) is 17.9 Å². The van der Waals surface area contributed by atoms with Crippen molar-refractivity contribution < 1.29 is 0 Å². The molecule has 0 aliphatic carbocycles. The van der Waals surface area contributed by atoms with Gasteiger partial charge in [-0.05, 0) is 12.1 Å². The summed E-state index contributed by atoms with van der Waals surface area (Å²) in [5, 5.41) is 6.33. The lowest BCUT2D eigenvalue weighted by atomic mass is 10.2. The molecule has 0 aliphatic rings. The first kappa shape index (κ1) is 8.87. The Balaban J connectivity index is 2.68. The van der Waals surface area contributed by atoms with Gasteiger partial charge >= 0.3 is 0 Å². The van der Waals surface area contributed by atoms with Gasteiger partial charge in [0.25, 0.3) is 0 Å². The maximum atomic E-state index is 5.38. The minimum absolute atomic E-state index is 0.651. The van der Waals surface area contributed by atoms with Gasteiger partial charge in [-0.15, -0.1) is 0 Å². The summed E-state index contributed by atoms with van der Waals surface area (Å²) in [4.78, 5) is 0. The fourth-order valence-electron chi connectivity index (χ4n) is 1.06. The number of hydrogen-bond acceptors (Lipinski definition) is 3. The fourth-order valence-corrected chi connectivity index (χ4v) is 1.06. The Morgan fingerprint density at radius 3 is 2.50 bits per heavy atom. The van der Waals surface area contributed by atoms with Crippen molar-refractivity contribution in [2.45, 2.75) is 0 Å². The summed E-state index contributed by atoms with van der Waals surface area (Å²) in [5.41, 5.74) is 7.59. The van der Waals surface area contributed by atoms with Gasteiger partial charge in [0.1, 0.15) is 0 Å². The van der Waals surface area contributed by atoms with Crippen LogP contribution in [0.2, 0.25) is 0 Å². The molecule has 0 amide bonds. The van der Waals surface area contributed by atoms with Crippen molar-refractivity contribution in [2.24, 2.45) is 5.73 Å². The van der Waals surface area contributed by atoms with Crippen LogP contribution in [0, 0.1) is 0 Å². The SMILES string of the molecule is CNc1ccccc1NCCN. The second-order valence-electron chi connectivity index (χ2n) is 2.51. The largest absolute Gasteiger partial charge is 0.386 e. The van der Waals surface area contributed by atoms with Gasteiger partial charge in [0.05, 0.1) is 11.4 Å². The predicted molar refractivity (Wildman–Crippen MR) is 53.5 cm³/mol. The van der Waals surface area contributed by atoms with Crippen LogP contribution in [-0.4, -0.2) is 20.1 Å². The van der Waals surface area contributed by atoms with Crippen LogP contribution in [0.1, 0.15) is 0 Å². The van der Waals surface area contributed by atoms with Gasteiger partial charge in [-0.25, -0.2) is 0 Å². The first-order chi connectivity index (χ1) is 5.88. The number of benzene rings is 1. The van der Waals surface area contributed by atoms with Crippen LogP contribution in [0.15, 0.2) is 24.3 Å². The minimum atomic E-state index is 0.651. The molecule has 66 valence electrons. The monoisotopic (exact) mass is 165 g/mol. The number of nitrogens with two attached hydrogens (primary N) is 1. The van der Waals surface area contributed by atoms with E-state index >= 15 is 0 Å². The number of rotatable bonds is 4. The summed E-state index contributed by atoms with van der Waals surface area (Å²) in [6.45, 7) is 1.46. The summed E-state index contributed by atoms with van der Waals surface area (Å²) in [5.74, 6) is 0. The van der Waals surface area contributed by atoms with Gasteiger partial charge in [0.2, 0.25) is 0 Å². The lowest BCUT2D eigenvalue weighted by Crippen LogP contribution is -2.13. The van der Waals surface area contributed by atoms with E-state index in [1.54, 1.807) is 0 Å². The van der Waals surface area contributed by atoms with Crippen LogP contribution < -0.4 is 16.4 Å². The van der Waals surface area contributed by atoms with Gasteiger partial charge in [0, 0.05) is 20.1 Å². The standard InChI is InChI=1S/C9H15N3/c1-11-8-4-2-3-5-9(8)12-7-6-10/h2-5,11-12H,6-7,10H2,1H3. The molecule has 3 heteroatoms. The van der Waals surface area contributed by atoms with Crippen LogP contribution in [-0.2, 0) is 0 Å². The zero-order chi connectivity index (χ0) is 8.81. The lowest BCUT2D eigenvalue weighted by Gasteiger charge is -2.09. The highest BCUT2D eigenvalue weighted by Crippen LogP contribution is 2.19. The number of para-hydroxylation sites is 2. The molecule has 0 saturated carbocycles. The lowest BCUT2D eigenvalue weighted by molar-refractivity contribution is 1.02. The number of anilines is 2. The van der Waals surface area contributed by atoms with Gasteiger partial charge in [-0.2, -0.15) is 0 Å². The third-order valence-corrected chi connectivity index (χ3v) is 1.66. The van der Waals surface area contributed by atoms with E-state index in [1.165, 1.54) is 0 Å². The van der Waals surface area contributed by atoms with Crippen molar-refractivity contribution in [2.75, 3.05) is 30.8 Å². The highest BCUT2D eigenvalue weighted by Gasteiger charge is 1.95. The predicted octanol–water partition coefficient (Wildman–Crippen LogP) is 1.10. The maximum absolute atomic E-state index is 5.38. The van der Waals surface area contributed by atoms with Crippen molar-refractivity contribution in [1.82, 2.24) is 0 Å². The molecule has 3 nitrogen and oxygen atoms in total. The van der Waals surface area contributed by atoms with Crippen LogP contribution in [0.4, 0.5) is 11.4 Å². The molecule has 12 heavy (non-hydrogen) atoms. The number of nitrogens with one attached hydrogen (secondary N) is 2. The first-order valence-electron chi connectivity index (χ1n) is 4.09. The van der Waals surface area contributed by atoms with Crippen molar-refractivity contribution in [3.8, 4) is 0 Å². The highest BCUT2D eigenvalue weighted by molar-refractivity contribution is 5.68. The summed E-state index contributed by atoms with van der Waals surface area (Å²) >= 11 is 0. The Morgan fingerprint density at radius 2 is 1.92 bits per heavy atom. The molecule has 0 bridgehead atoms. The molecule has 1 aromatic carbocycles. The molecular weight excluding hydrogens is 150 g/mol. The zero-order valence-electron chi connectivity index (χ0n) is 7.30. The summed E-state index contributed by atoms with van der Waals surface area (Å²) in [6, 6.07) is 8.06. The second kappa shape index (κ2) is 4.62. The second-order valence-corrected chi connectivity index (χ2v) is 2.51. The van der Waals surface area contributed by atoms with Gasteiger partial charge < -0.3 is 16.4 Å². The van der Waals surface area contributed by atoms with E-state index in [-0.39, 0.29) is 0 Å². The van der Waals surface area contributed by atoms with E-state index < -0.39 is 0 Å². The molecule has 4 N–H and O–H groups in total. The Morgan fingerprint density at radius 1 is 1.25 bits per heavy atom. The van der Waals surface area contributed by atoms with Crippen molar-refractivity contribution in [3.63, 3.8) is 0 Å². The Kier molecular flexibility index (Phi) is 3.41. The average Bonchev–Trinajstić information content (AvgIpc) is 2.15. The maximum Gasteiger partial charge on any atom is 0.0576 e. The van der Waals surface area contributed by atoms with Crippen LogP contribution in [0.5, 0.6) is 0 Å². The fraction of sp³-hybridized carbons (Fsp3) is 0.333. The van der Waals surface area contributed by atoms with E-state index in [4.69, 9.17) is 5.73 Å². The Labute approximate surface area is 73.0 Å². The van der Waals surface area contributed by atoms with E-state index in [2.05, 4.69) is 10.6 Å². The van der Waals surface area contributed by atoms with Crippen LogP contribution in [0.3, 0.4) is 0 Å². The molecule has 1 rings (SSSR count). The molecule has 0 fully saturated rings.